The molecular formula is C10H19N3O2. The van der Waals surface area contributed by atoms with Crippen LogP contribution in [0.2, 0.25) is 0 Å². The van der Waals surface area contributed by atoms with Gasteiger partial charge in [0, 0.05) is 25.2 Å². The number of nitrogens with two attached hydrogens (primary N) is 1. The summed E-state index contributed by atoms with van der Waals surface area (Å²) in [7, 11) is 0. The molecule has 5 heteroatoms. The van der Waals surface area contributed by atoms with Gasteiger partial charge in [0.1, 0.15) is 6.17 Å². The quantitative estimate of drug-likeness (QED) is 0.606. The summed E-state index contributed by atoms with van der Waals surface area (Å²) in [6, 6.07) is 0. The van der Waals surface area contributed by atoms with Crippen LogP contribution in [0.25, 0.3) is 0 Å². The fraction of sp³-hybridized carbons (Fsp3) is 0.700. The van der Waals surface area contributed by atoms with Crippen molar-refractivity contribution in [1.82, 2.24) is 10.2 Å². The van der Waals surface area contributed by atoms with Gasteiger partial charge in [-0.2, -0.15) is 0 Å². The Hall–Kier alpha value is -0.910. The van der Waals surface area contributed by atoms with Gasteiger partial charge < -0.3 is 15.8 Å². The highest BCUT2D eigenvalue weighted by Crippen LogP contribution is 2.04. The number of carbonyl (C=O) groups excluding carboxylic acids is 1. The monoisotopic (exact) mass is 213 g/mol. The summed E-state index contributed by atoms with van der Waals surface area (Å²) in [6.07, 6.45) is -0.0773. The summed E-state index contributed by atoms with van der Waals surface area (Å²) < 4.78 is 5.31. The van der Waals surface area contributed by atoms with E-state index >= 15 is 0 Å². The normalized spacial score (nSPS) is 22.4. The predicted molar refractivity (Wildman–Crippen MR) is 58.2 cm³/mol. The Labute approximate surface area is 90.3 Å². The van der Waals surface area contributed by atoms with Crippen LogP contribution in [0.15, 0.2) is 12.2 Å². The van der Waals surface area contributed by atoms with Crippen LogP contribution < -0.4 is 11.1 Å². The first kappa shape index (κ1) is 12.2. The first-order valence-electron chi connectivity index (χ1n) is 5.13. The number of rotatable bonds is 4. The summed E-state index contributed by atoms with van der Waals surface area (Å²) in [5.41, 5.74) is 6.01. The fourth-order valence-electron chi connectivity index (χ4n) is 1.48. The molecular weight excluding hydrogens is 194 g/mol. The van der Waals surface area contributed by atoms with Crippen LogP contribution >= 0.6 is 0 Å². The second kappa shape index (κ2) is 5.85. The van der Waals surface area contributed by atoms with E-state index in [-0.39, 0.29) is 12.1 Å². The topological polar surface area (TPSA) is 67.6 Å². The first-order valence-corrected chi connectivity index (χ1v) is 5.13. The Morgan fingerprint density at radius 1 is 1.73 bits per heavy atom. The molecule has 1 atom stereocenters. The van der Waals surface area contributed by atoms with Crippen LogP contribution in [0.5, 0.6) is 0 Å². The van der Waals surface area contributed by atoms with E-state index < -0.39 is 0 Å². The number of nitrogens with one attached hydrogen (secondary N) is 1. The smallest absolute Gasteiger partial charge is 0.247 e. The minimum absolute atomic E-state index is 0.0773. The highest BCUT2D eigenvalue weighted by molar-refractivity contribution is 5.92. The standard InChI is InChI=1S/C10H19N3O2/c1-8(2)10(14)12-9-7-15-6-5-13(9)4-3-11/h9H,1,3-7,11H2,2H3,(H,12,14). The molecule has 1 aliphatic rings. The van der Waals surface area contributed by atoms with E-state index in [2.05, 4.69) is 16.8 Å². The summed E-state index contributed by atoms with van der Waals surface area (Å²) in [6.45, 7) is 8.64. The van der Waals surface area contributed by atoms with E-state index in [0.717, 1.165) is 13.1 Å². The lowest BCUT2D eigenvalue weighted by Gasteiger charge is -2.35. The molecule has 0 spiro atoms. The molecule has 1 amide bonds. The molecule has 1 rings (SSSR count). The zero-order valence-electron chi connectivity index (χ0n) is 9.16. The molecule has 0 radical (unpaired) electrons. The van der Waals surface area contributed by atoms with Gasteiger partial charge in [0.05, 0.1) is 13.2 Å². The van der Waals surface area contributed by atoms with Crippen molar-refractivity contribution in [3.05, 3.63) is 12.2 Å². The van der Waals surface area contributed by atoms with Crippen molar-refractivity contribution in [2.75, 3.05) is 32.8 Å². The average molecular weight is 213 g/mol. The molecule has 0 saturated carbocycles. The Balaban J connectivity index is 2.48. The van der Waals surface area contributed by atoms with Gasteiger partial charge in [0.25, 0.3) is 0 Å². The number of carbonyl (C=O) groups is 1. The molecule has 0 aromatic heterocycles. The second-order valence-electron chi connectivity index (χ2n) is 3.67. The fourth-order valence-corrected chi connectivity index (χ4v) is 1.48. The van der Waals surface area contributed by atoms with E-state index in [9.17, 15) is 4.79 Å². The predicted octanol–water partition coefficient (Wildman–Crippen LogP) is -0.704. The van der Waals surface area contributed by atoms with Crippen LogP contribution in [0.1, 0.15) is 6.92 Å². The van der Waals surface area contributed by atoms with Crippen LogP contribution in [0.3, 0.4) is 0 Å². The second-order valence-corrected chi connectivity index (χ2v) is 3.67. The highest BCUT2D eigenvalue weighted by atomic mass is 16.5. The first-order chi connectivity index (χ1) is 7.15. The third-order valence-electron chi connectivity index (χ3n) is 2.34. The third kappa shape index (κ3) is 3.62. The van der Waals surface area contributed by atoms with Crippen LogP contribution in [-0.4, -0.2) is 49.8 Å². The maximum absolute atomic E-state index is 11.4. The molecule has 1 saturated heterocycles. The van der Waals surface area contributed by atoms with Crippen LogP contribution in [0, 0.1) is 0 Å². The SMILES string of the molecule is C=C(C)C(=O)NC1COCCN1CCN. The zero-order chi connectivity index (χ0) is 11.3. The van der Waals surface area contributed by atoms with E-state index in [0.29, 0.717) is 25.3 Å². The molecule has 0 aliphatic carbocycles. The number of ether oxygens (including phenoxy) is 1. The molecule has 5 nitrogen and oxygen atoms in total. The summed E-state index contributed by atoms with van der Waals surface area (Å²) in [5, 5.41) is 2.86. The van der Waals surface area contributed by atoms with Gasteiger partial charge in [-0.05, 0) is 6.92 Å². The molecule has 1 aliphatic heterocycles. The Morgan fingerprint density at radius 3 is 3.07 bits per heavy atom. The van der Waals surface area contributed by atoms with E-state index in [1.54, 1.807) is 6.92 Å². The number of morpholine rings is 1. The lowest BCUT2D eigenvalue weighted by molar-refractivity contribution is -0.121. The van der Waals surface area contributed by atoms with E-state index in [1.807, 2.05) is 0 Å². The summed E-state index contributed by atoms with van der Waals surface area (Å²) in [5.74, 6) is -0.132. The summed E-state index contributed by atoms with van der Waals surface area (Å²) >= 11 is 0. The number of amides is 1. The molecule has 3 N–H and O–H groups in total. The lowest BCUT2D eigenvalue weighted by atomic mass is 10.3. The minimum Gasteiger partial charge on any atom is -0.377 e. The van der Waals surface area contributed by atoms with Crippen molar-refractivity contribution in [1.29, 1.82) is 0 Å². The maximum Gasteiger partial charge on any atom is 0.247 e. The van der Waals surface area contributed by atoms with Gasteiger partial charge in [-0.1, -0.05) is 6.58 Å². The van der Waals surface area contributed by atoms with Crippen molar-refractivity contribution < 1.29 is 9.53 Å². The van der Waals surface area contributed by atoms with Crippen molar-refractivity contribution in [2.45, 2.75) is 13.1 Å². The molecule has 1 fully saturated rings. The molecule has 1 heterocycles. The van der Waals surface area contributed by atoms with Gasteiger partial charge in [-0.3, -0.25) is 9.69 Å². The van der Waals surface area contributed by atoms with Gasteiger partial charge >= 0.3 is 0 Å². The molecule has 0 bridgehead atoms. The van der Waals surface area contributed by atoms with Crippen LogP contribution in [0.4, 0.5) is 0 Å². The van der Waals surface area contributed by atoms with Crippen molar-refractivity contribution >= 4 is 5.91 Å². The van der Waals surface area contributed by atoms with E-state index in [1.165, 1.54) is 0 Å². The minimum atomic E-state index is -0.132. The zero-order valence-corrected chi connectivity index (χ0v) is 9.16. The average Bonchev–Trinajstić information content (AvgIpc) is 2.21. The van der Waals surface area contributed by atoms with Crippen molar-refractivity contribution in [2.24, 2.45) is 5.73 Å². The highest BCUT2D eigenvalue weighted by Gasteiger charge is 2.23. The van der Waals surface area contributed by atoms with Gasteiger partial charge in [-0.15, -0.1) is 0 Å². The Bertz CT molecular complexity index is 241. The maximum atomic E-state index is 11.4. The van der Waals surface area contributed by atoms with Gasteiger partial charge in [-0.25, -0.2) is 0 Å². The molecule has 0 aromatic carbocycles. The molecule has 15 heavy (non-hydrogen) atoms. The Morgan fingerprint density at radius 2 is 2.47 bits per heavy atom. The largest absolute Gasteiger partial charge is 0.377 e. The van der Waals surface area contributed by atoms with Gasteiger partial charge in [0.2, 0.25) is 5.91 Å². The van der Waals surface area contributed by atoms with Crippen molar-refractivity contribution in [3.8, 4) is 0 Å². The van der Waals surface area contributed by atoms with Crippen molar-refractivity contribution in [3.63, 3.8) is 0 Å². The lowest BCUT2D eigenvalue weighted by Crippen LogP contribution is -2.56. The third-order valence-corrected chi connectivity index (χ3v) is 2.34. The summed E-state index contributed by atoms with van der Waals surface area (Å²) in [4.78, 5) is 13.6. The Kier molecular flexibility index (Phi) is 4.74. The molecule has 86 valence electrons. The molecule has 0 aromatic rings. The molecule has 1 unspecified atom stereocenters. The van der Waals surface area contributed by atoms with Crippen LogP contribution in [-0.2, 0) is 9.53 Å². The number of nitrogens with zero attached hydrogens (tertiary/aromatic N) is 1. The van der Waals surface area contributed by atoms with Gasteiger partial charge in [0.15, 0.2) is 0 Å². The number of hydrogen-bond donors (Lipinski definition) is 2. The van der Waals surface area contributed by atoms with E-state index in [4.69, 9.17) is 10.5 Å². The number of hydrogen-bond acceptors (Lipinski definition) is 4.